The van der Waals surface area contributed by atoms with E-state index < -0.39 is 33.3 Å². The molecule has 14 heteroatoms. The lowest BCUT2D eigenvalue weighted by atomic mass is 10.1. The van der Waals surface area contributed by atoms with Crippen LogP contribution in [0.25, 0.3) is 0 Å². The normalized spacial score (nSPS) is 11.3. The van der Waals surface area contributed by atoms with Gasteiger partial charge in [-0.3, -0.25) is 9.42 Å². The summed E-state index contributed by atoms with van der Waals surface area (Å²) in [5.41, 5.74) is -0.546. The predicted molar refractivity (Wildman–Crippen MR) is 104 cm³/mol. The Morgan fingerprint density at radius 2 is 2.13 bits per heavy atom. The quantitative estimate of drug-likeness (QED) is 0.275. The number of halogens is 1. The lowest BCUT2D eigenvalue weighted by Crippen LogP contribution is -2.27. The number of nitrogens with two attached hydrogens (primary N) is 1. The van der Waals surface area contributed by atoms with E-state index in [1.54, 1.807) is 12.1 Å². The van der Waals surface area contributed by atoms with E-state index in [0.717, 1.165) is 6.07 Å². The van der Waals surface area contributed by atoms with E-state index in [1.165, 1.54) is 19.3 Å². The van der Waals surface area contributed by atoms with E-state index in [-0.39, 0.29) is 39.1 Å². The van der Waals surface area contributed by atoms with Crippen LogP contribution in [0.2, 0.25) is 5.02 Å². The number of aromatic nitrogens is 2. The molecule has 3 rings (SSSR count). The number of carbonyl (C=O) groups is 2. The number of hydrogen-bond acceptors (Lipinski definition) is 10. The first kappa shape index (κ1) is 22.3. The molecule has 0 fully saturated rings. The van der Waals surface area contributed by atoms with Gasteiger partial charge in [0, 0.05) is 12.1 Å². The lowest BCUT2D eigenvalue weighted by molar-refractivity contribution is -0.806. The highest BCUT2D eigenvalue weighted by Crippen LogP contribution is 2.29. The molecule has 0 unspecified atom stereocenters. The summed E-state index contributed by atoms with van der Waals surface area (Å²) in [5.74, 6) is -1.32. The Kier molecular flexibility index (Phi) is 6.29. The first-order valence-corrected chi connectivity index (χ1v) is 10.4. The van der Waals surface area contributed by atoms with E-state index in [2.05, 4.69) is 15.1 Å². The second kappa shape index (κ2) is 8.75. The molecule has 0 amide bonds. The number of nitrogens with zero attached hydrogens (tertiary/aromatic N) is 2. The van der Waals surface area contributed by atoms with Gasteiger partial charge in [-0.2, -0.15) is 0 Å². The number of esters is 1. The van der Waals surface area contributed by atoms with Crippen molar-refractivity contribution in [2.75, 3.05) is 11.9 Å². The number of benzene rings is 1. The van der Waals surface area contributed by atoms with Gasteiger partial charge in [0.2, 0.25) is 21.5 Å². The monoisotopic (exact) mass is 470 g/mol. The van der Waals surface area contributed by atoms with Crippen LogP contribution in [0.4, 0.5) is 5.69 Å². The van der Waals surface area contributed by atoms with Crippen LogP contribution in [0, 0.1) is 12.1 Å². The predicted octanol–water partition coefficient (Wildman–Crippen LogP) is 1.16. The van der Waals surface area contributed by atoms with Gasteiger partial charge in [0.05, 0.1) is 29.1 Å². The molecule has 31 heavy (non-hydrogen) atoms. The highest BCUT2D eigenvalue weighted by atomic mass is 35.5. The molecule has 0 saturated carbocycles. The number of anilines is 1. The topological polar surface area (TPSA) is 182 Å². The second-order valence-electron chi connectivity index (χ2n) is 6.17. The van der Waals surface area contributed by atoms with Gasteiger partial charge in [0.1, 0.15) is 10.7 Å². The average molecular weight is 471 g/mol. The molecular formula is C17H15ClN4O8S. The van der Waals surface area contributed by atoms with Crippen LogP contribution in [-0.4, -0.2) is 31.9 Å². The largest absolute Gasteiger partial charge is 0.467 e. The van der Waals surface area contributed by atoms with E-state index in [4.69, 9.17) is 25.9 Å². The molecule has 0 spiro atoms. The van der Waals surface area contributed by atoms with Crippen LogP contribution < -0.4 is 15.4 Å². The number of carbonyl (C=O) groups excluding carboxylic acids is 2. The Hall–Kier alpha value is -3.42. The highest BCUT2D eigenvalue weighted by molar-refractivity contribution is 7.89. The molecule has 0 aliphatic carbocycles. The minimum atomic E-state index is -4.25. The van der Waals surface area contributed by atoms with E-state index >= 15 is 0 Å². The Morgan fingerprint density at radius 1 is 1.39 bits per heavy atom. The molecule has 0 radical (unpaired) electrons. The van der Waals surface area contributed by atoms with Crippen LogP contribution >= 0.6 is 11.6 Å². The van der Waals surface area contributed by atoms with Gasteiger partial charge in [-0.25, -0.2) is 18.4 Å². The summed E-state index contributed by atoms with van der Waals surface area (Å²) in [5, 5.41) is 22.3. The number of Topliss-reactive ketones (excluding diaryl/α,β-unsaturated/α-hetero) is 1. The van der Waals surface area contributed by atoms with Crippen LogP contribution in [0.15, 0.2) is 44.5 Å². The summed E-state index contributed by atoms with van der Waals surface area (Å²) in [7, 11) is -4.25. The first-order chi connectivity index (χ1) is 14.6. The summed E-state index contributed by atoms with van der Waals surface area (Å²) in [4.78, 5) is 24.3. The molecule has 0 bridgehead atoms. The van der Waals surface area contributed by atoms with Crippen molar-refractivity contribution in [3.63, 3.8) is 0 Å². The van der Waals surface area contributed by atoms with Crippen molar-refractivity contribution in [3.8, 4) is 0 Å². The number of sulfonamides is 1. The SMILES string of the molecule is Cc1c(C(=O)COC(=O)c2cc(S(N)(=O)=O)c(Cl)cc2NCc2ccco2)no[n+]1[O-]. The Balaban J connectivity index is 1.86. The highest BCUT2D eigenvalue weighted by Gasteiger charge is 2.26. The minimum Gasteiger partial charge on any atom is -0.467 e. The van der Waals surface area contributed by atoms with Crippen molar-refractivity contribution in [2.45, 2.75) is 18.4 Å². The standard InChI is InChI=1S/C17H15ClN4O8S/c1-9-16(21-30-22(9)25)14(23)8-29-17(24)11-5-15(31(19,26)27)12(18)6-13(11)20-7-10-3-2-4-28-10/h2-6,20H,7-8H2,1H3,(H2,19,26,27). The average Bonchev–Trinajstić information content (AvgIpc) is 3.33. The molecule has 2 aromatic heterocycles. The molecule has 3 aromatic rings. The van der Waals surface area contributed by atoms with Crippen molar-refractivity contribution >= 4 is 39.1 Å². The number of hydrogen-bond donors (Lipinski definition) is 2. The molecule has 0 atom stereocenters. The van der Waals surface area contributed by atoms with Gasteiger partial charge >= 0.3 is 5.97 Å². The molecule has 1 aromatic carbocycles. The van der Waals surface area contributed by atoms with E-state index in [0.29, 0.717) is 5.76 Å². The summed E-state index contributed by atoms with van der Waals surface area (Å²) in [6.07, 6.45) is 1.45. The van der Waals surface area contributed by atoms with Crippen molar-refractivity contribution < 1.29 is 36.7 Å². The minimum absolute atomic E-state index is 0.0310. The summed E-state index contributed by atoms with van der Waals surface area (Å²) in [6.45, 7) is 0.656. The smallest absolute Gasteiger partial charge is 0.340 e. The van der Waals surface area contributed by atoms with Gasteiger partial charge in [-0.15, -0.1) is 0 Å². The van der Waals surface area contributed by atoms with Gasteiger partial charge < -0.3 is 19.7 Å². The zero-order chi connectivity index (χ0) is 22.8. The van der Waals surface area contributed by atoms with Crippen molar-refractivity contribution in [1.29, 1.82) is 0 Å². The molecule has 164 valence electrons. The third-order valence-corrected chi connectivity index (χ3v) is 5.43. The molecule has 12 nitrogen and oxygen atoms in total. The maximum absolute atomic E-state index is 12.6. The molecular weight excluding hydrogens is 456 g/mol. The zero-order valence-electron chi connectivity index (χ0n) is 15.8. The van der Waals surface area contributed by atoms with Gasteiger partial charge in [-0.05, 0) is 29.2 Å². The van der Waals surface area contributed by atoms with Gasteiger partial charge in [0.15, 0.2) is 6.61 Å². The van der Waals surface area contributed by atoms with Crippen molar-refractivity contribution in [3.05, 3.63) is 63.5 Å². The Labute approximate surface area is 180 Å². The third kappa shape index (κ3) is 5.02. The second-order valence-corrected chi connectivity index (χ2v) is 8.11. The maximum atomic E-state index is 12.6. The maximum Gasteiger partial charge on any atom is 0.340 e. The summed E-state index contributed by atoms with van der Waals surface area (Å²) < 4.78 is 38.0. The number of primary sulfonamides is 1. The van der Waals surface area contributed by atoms with Crippen LogP contribution in [-0.2, 0) is 21.3 Å². The molecule has 0 saturated heterocycles. The number of ketones is 1. The summed E-state index contributed by atoms with van der Waals surface area (Å²) >= 11 is 6.00. The van der Waals surface area contributed by atoms with Crippen molar-refractivity contribution in [1.82, 2.24) is 5.16 Å². The fourth-order valence-corrected chi connectivity index (χ4v) is 3.60. The molecule has 0 aliphatic heterocycles. The Morgan fingerprint density at radius 3 is 2.71 bits per heavy atom. The molecule has 3 N–H and O–H groups in total. The van der Waals surface area contributed by atoms with E-state index in [1.807, 2.05) is 0 Å². The number of rotatable bonds is 8. The lowest BCUT2D eigenvalue weighted by Gasteiger charge is -2.13. The number of furan rings is 1. The van der Waals surface area contributed by atoms with Crippen molar-refractivity contribution in [2.24, 2.45) is 5.14 Å². The van der Waals surface area contributed by atoms with Crippen LogP contribution in [0.3, 0.4) is 0 Å². The Bertz CT molecular complexity index is 1240. The zero-order valence-corrected chi connectivity index (χ0v) is 17.4. The van der Waals surface area contributed by atoms with Gasteiger partial charge in [-0.1, -0.05) is 11.6 Å². The fraction of sp³-hybridized carbons (Fsp3) is 0.176. The van der Waals surface area contributed by atoms with Crippen LogP contribution in [0.5, 0.6) is 0 Å². The fourth-order valence-electron chi connectivity index (χ4n) is 2.50. The number of nitrogens with one attached hydrogen (secondary N) is 1. The van der Waals surface area contributed by atoms with Crippen LogP contribution in [0.1, 0.15) is 32.3 Å². The number of ether oxygens (including phenoxy) is 1. The summed E-state index contributed by atoms with van der Waals surface area (Å²) in [6, 6.07) is 5.45. The molecule has 2 heterocycles. The van der Waals surface area contributed by atoms with Gasteiger partial charge in [0.25, 0.3) is 5.69 Å². The third-order valence-electron chi connectivity index (χ3n) is 4.05. The van der Waals surface area contributed by atoms with E-state index in [9.17, 15) is 23.2 Å². The first-order valence-electron chi connectivity index (χ1n) is 8.47. The molecule has 0 aliphatic rings.